The fraction of sp³-hybridized carbons (Fsp3) is 0. The van der Waals surface area contributed by atoms with Gasteiger partial charge in [0.25, 0.3) is 0 Å². The molecule has 0 amide bonds. The minimum atomic E-state index is 0.788. The molecule has 3 aromatic rings. The number of aromatic nitrogens is 3. The minimum absolute atomic E-state index is 0.788. The first-order valence-electron chi connectivity index (χ1n) is 5.17. The van der Waals surface area contributed by atoms with E-state index in [1.807, 2.05) is 30.3 Å². The Labute approximate surface area is 99.2 Å². The van der Waals surface area contributed by atoms with E-state index in [1.54, 1.807) is 24.7 Å². The Morgan fingerprint density at radius 3 is 2.18 bits per heavy atom. The average molecular weight is 224 g/mol. The van der Waals surface area contributed by atoms with Crippen molar-refractivity contribution in [3.8, 4) is 0 Å². The fourth-order valence-corrected chi connectivity index (χ4v) is 1.37. The van der Waals surface area contributed by atoms with Crippen LogP contribution in [0.4, 0.5) is 5.69 Å². The SMILES string of the molecule is Nc1ccnc2ccccc12.c1cncnc1. The van der Waals surface area contributed by atoms with E-state index in [0.717, 1.165) is 16.6 Å². The first kappa shape index (κ1) is 11.0. The monoisotopic (exact) mass is 224 g/mol. The zero-order valence-electron chi connectivity index (χ0n) is 9.19. The number of nitrogens with two attached hydrogens (primary N) is 1. The molecule has 1 aromatic carbocycles. The molecule has 17 heavy (non-hydrogen) atoms. The number of nitrogens with zero attached hydrogens (tertiary/aromatic N) is 3. The van der Waals surface area contributed by atoms with Crippen molar-refractivity contribution in [1.29, 1.82) is 0 Å². The van der Waals surface area contributed by atoms with Gasteiger partial charge in [-0.2, -0.15) is 0 Å². The van der Waals surface area contributed by atoms with E-state index >= 15 is 0 Å². The second kappa shape index (κ2) is 5.55. The quantitative estimate of drug-likeness (QED) is 0.636. The second-order valence-corrected chi connectivity index (χ2v) is 3.32. The smallest absolute Gasteiger partial charge is 0.115 e. The maximum atomic E-state index is 5.72. The third-order valence-electron chi connectivity index (χ3n) is 2.16. The molecular formula is C13H12N4. The number of pyridine rings is 1. The van der Waals surface area contributed by atoms with Gasteiger partial charge in [0.15, 0.2) is 0 Å². The van der Waals surface area contributed by atoms with Crippen molar-refractivity contribution in [2.75, 3.05) is 5.73 Å². The molecule has 0 saturated carbocycles. The minimum Gasteiger partial charge on any atom is -0.398 e. The second-order valence-electron chi connectivity index (χ2n) is 3.32. The molecular weight excluding hydrogens is 212 g/mol. The lowest BCUT2D eigenvalue weighted by Gasteiger charge is -1.97. The summed E-state index contributed by atoms with van der Waals surface area (Å²) in [5, 5.41) is 1.02. The summed E-state index contributed by atoms with van der Waals surface area (Å²) in [4.78, 5) is 11.5. The van der Waals surface area contributed by atoms with E-state index in [2.05, 4.69) is 15.0 Å². The van der Waals surface area contributed by atoms with Crippen LogP contribution in [-0.2, 0) is 0 Å². The van der Waals surface area contributed by atoms with Crippen molar-refractivity contribution in [2.45, 2.75) is 0 Å². The van der Waals surface area contributed by atoms with Crippen molar-refractivity contribution in [1.82, 2.24) is 15.0 Å². The van der Waals surface area contributed by atoms with Crippen LogP contribution in [0.3, 0.4) is 0 Å². The summed E-state index contributed by atoms with van der Waals surface area (Å²) in [5.74, 6) is 0. The van der Waals surface area contributed by atoms with Gasteiger partial charge in [0, 0.05) is 29.7 Å². The topological polar surface area (TPSA) is 64.7 Å². The van der Waals surface area contributed by atoms with Crippen molar-refractivity contribution in [3.63, 3.8) is 0 Å². The molecule has 0 spiro atoms. The molecule has 84 valence electrons. The maximum Gasteiger partial charge on any atom is 0.115 e. The predicted molar refractivity (Wildman–Crippen MR) is 68.2 cm³/mol. The molecule has 0 bridgehead atoms. The maximum absolute atomic E-state index is 5.72. The molecule has 2 N–H and O–H groups in total. The third-order valence-corrected chi connectivity index (χ3v) is 2.16. The van der Waals surface area contributed by atoms with Crippen LogP contribution < -0.4 is 5.73 Å². The highest BCUT2D eigenvalue weighted by Crippen LogP contribution is 2.16. The number of hydrogen-bond acceptors (Lipinski definition) is 4. The molecule has 0 fully saturated rings. The Bertz CT molecular complexity index is 549. The van der Waals surface area contributed by atoms with Crippen LogP contribution in [0, 0.1) is 0 Å². The summed E-state index contributed by atoms with van der Waals surface area (Å²) in [5.41, 5.74) is 7.46. The molecule has 0 aliphatic carbocycles. The van der Waals surface area contributed by atoms with Crippen LogP contribution in [0.15, 0.2) is 61.3 Å². The van der Waals surface area contributed by atoms with Gasteiger partial charge in [0.1, 0.15) is 6.33 Å². The van der Waals surface area contributed by atoms with Gasteiger partial charge >= 0.3 is 0 Å². The highest BCUT2D eigenvalue weighted by Gasteiger charge is 1.94. The Kier molecular flexibility index (Phi) is 3.60. The molecule has 0 aliphatic rings. The van der Waals surface area contributed by atoms with Crippen LogP contribution in [0.25, 0.3) is 10.9 Å². The molecule has 2 aromatic heterocycles. The van der Waals surface area contributed by atoms with Gasteiger partial charge < -0.3 is 5.73 Å². The van der Waals surface area contributed by atoms with Crippen LogP contribution in [0.5, 0.6) is 0 Å². The number of nitrogen functional groups attached to an aromatic ring is 1. The summed E-state index contributed by atoms with van der Waals surface area (Å²) in [6, 6.07) is 11.4. The summed E-state index contributed by atoms with van der Waals surface area (Å²) in [7, 11) is 0. The molecule has 4 nitrogen and oxygen atoms in total. The largest absolute Gasteiger partial charge is 0.398 e. The summed E-state index contributed by atoms with van der Waals surface area (Å²) >= 11 is 0. The predicted octanol–water partition coefficient (Wildman–Crippen LogP) is 2.29. The number of para-hydroxylation sites is 1. The highest BCUT2D eigenvalue weighted by molar-refractivity contribution is 5.89. The van der Waals surface area contributed by atoms with E-state index in [0.29, 0.717) is 0 Å². The van der Waals surface area contributed by atoms with Gasteiger partial charge in [-0.25, -0.2) is 9.97 Å². The average Bonchev–Trinajstić information content (AvgIpc) is 2.42. The lowest BCUT2D eigenvalue weighted by atomic mass is 10.2. The van der Waals surface area contributed by atoms with Gasteiger partial charge in [-0.15, -0.1) is 0 Å². The summed E-state index contributed by atoms with van der Waals surface area (Å²) < 4.78 is 0. The molecule has 0 aliphatic heterocycles. The van der Waals surface area contributed by atoms with Crippen molar-refractivity contribution >= 4 is 16.6 Å². The zero-order chi connectivity index (χ0) is 11.9. The number of benzene rings is 1. The zero-order valence-corrected chi connectivity index (χ0v) is 9.19. The molecule has 2 heterocycles. The third kappa shape index (κ3) is 2.98. The van der Waals surface area contributed by atoms with E-state index in [4.69, 9.17) is 5.73 Å². The van der Waals surface area contributed by atoms with Gasteiger partial charge in [0.2, 0.25) is 0 Å². The van der Waals surface area contributed by atoms with E-state index < -0.39 is 0 Å². The first-order chi connectivity index (χ1) is 8.38. The molecule has 3 rings (SSSR count). The Balaban J connectivity index is 0.000000153. The van der Waals surface area contributed by atoms with Crippen molar-refractivity contribution < 1.29 is 0 Å². The van der Waals surface area contributed by atoms with Gasteiger partial charge in [-0.05, 0) is 18.2 Å². The normalized spacial score (nSPS) is 9.41. The Hall–Kier alpha value is -2.49. The summed E-state index contributed by atoms with van der Waals surface area (Å²) in [6.45, 7) is 0. The standard InChI is InChI=1S/C9H8N2.C4H4N2/c10-8-5-6-11-9-4-2-1-3-7(8)9;1-2-5-4-6-3-1/h1-6H,(H2,10,11);1-4H. The summed E-state index contributed by atoms with van der Waals surface area (Å²) in [6.07, 6.45) is 6.59. The molecule has 0 unspecified atom stereocenters. The number of anilines is 1. The molecule has 4 heteroatoms. The van der Waals surface area contributed by atoms with Crippen LogP contribution in [-0.4, -0.2) is 15.0 Å². The first-order valence-corrected chi connectivity index (χ1v) is 5.17. The van der Waals surface area contributed by atoms with Gasteiger partial charge in [-0.1, -0.05) is 18.2 Å². The Morgan fingerprint density at radius 1 is 0.824 bits per heavy atom. The number of fused-ring (bicyclic) bond motifs is 1. The molecule has 0 radical (unpaired) electrons. The van der Waals surface area contributed by atoms with Crippen molar-refractivity contribution in [3.05, 3.63) is 61.3 Å². The van der Waals surface area contributed by atoms with Crippen molar-refractivity contribution in [2.24, 2.45) is 0 Å². The van der Waals surface area contributed by atoms with Gasteiger partial charge in [0.05, 0.1) is 5.52 Å². The van der Waals surface area contributed by atoms with E-state index in [9.17, 15) is 0 Å². The molecule has 0 saturated heterocycles. The number of rotatable bonds is 0. The number of hydrogen-bond donors (Lipinski definition) is 1. The van der Waals surface area contributed by atoms with Crippen LogP contribution in [0.2, 0.25) is 0 Å². The van der Waals surface area contributed by atoms with E-state index in [-0.39, 0.29) is 0 Å². The highest BCUT2D eigenvalue weighted by atomic mass is 14.8. The molecule has 0 atom stereocenters. The van der Waals surface area contributed by atoms with Crippen LogP contribution >= 0.6 is 0 Å². The lowest BCUT2D eigenvalue weighted by Crippen LogP contribution is -1.87. The van der Waals surface area contributed by atoms with E-state index in [1.165, 1.54) is 6.33 Å². The lowest BCUT2D eigenvalue weighted by molar-refractivity contribution is 1.17. The Morgan fingerprint density at radius 2 is 1.59 bits per heavy atom. The van der Waals surface area contributed by atoms with Crippen LogP contribution in [0.1, 0.15) is 0 Å². The van der Waals surface area contributed by atoms with Gasteiger partial charge in [-0.3, -0.25) is 4.98 Å². The fourth-order valence-electron chi connectivity index (χ4n) is 1.37.